The van der Waals surface area contributed by atoms with Gasteiger partial charge in [-0.1, -0.05) is 6.42 Å². The number of ether oxygens (including phenoxy) is 1. The molecule has 0 radical (unpaired) electrons. The van der Waals surface area contributed by atoms with E-state index in [1.165, 1.54) is 6.42 Å². The lowest BCUT2D eigenvalue weighted by Crippen LogP contribution is -2.41. The number of aliphatic hydroxyl groups excluding tert-OH is 1. The molecule has 0 spiro atoms. The molecular formula is C11H21NO3S. The Kier molecular flexibility index (Phi) is 6.16. The highest BCUT2D eigenvalue weighted by Gasteiger charge is 2.25. The van der Waals surface area contributed by atoms with Gasteiger partial charge in [0.2, 0.25) is 5.91 Å². The number of hydrogen-bond acceptors (Lipinski definition) is 4. The molecule has 2 unspecified atom stereocenters. The van der Waals surface area contributed by atoms with Crippen LogP contribution in [0.2, 0.25) is 0 Å². The lowest BCUT2D eigenvalue weighted by Gasteiger charge is -2.27. The van der Waals surface area contributed by atoms with Gasteiger partial charge in [0.15, 0.2) is 0 Å². The SMILES string of the molecule is COCC(O)CN(C)C(=O)C1CCCCS1. The molecule has 2 atom stereocenters. The number of likely N-dealkylation sites (N-methyl/N-ethyl adjacent to an activating group) is 1. The predicted molar refractivity (Wildman–Crippen MR) is 65.6 cm³/mol. The molecule has 0 aromatic heterocycles. The third-order valence-corrected chi connectivity index (χ3v) is 4.04. The van der Waals surface area contributed by atoms with Crippen molar-refractivity contribution in [3.63, 3.8) is 0 Å². The number of nitrogens with zero attached hydrogens (tertiary/aromatic N) is 1. The fourth-order valence-electron chi connectivity index (χ4n) is 1.83. The molecule has 4 nitrogen and oxygen atoms in total. The second-order valence-corrected chi connectivity index (χ2v) is 5.49. The molecule has 1 aliphatic heterocycles. The van der Waals surface area contributed by atoms with Crippen LogP contribution in [0.15, 0.2) is 0 Å². The van der Waals surface area contributed by atoms with E-state index in [0.29, 0.717) is 6.54 Å². The van der Waals surface area contributed by atoms with E-state index >= 15 is 0 Å². The number of rotatable bonds is 5. The molecule has 16 heavy (non-hydrogen) atoms. The number of aliphatic hydroxyl groups is 1. The Labute approximate surface area is 101 Å². The van der Waals surface area contributed by atoms with E-state index in [4.69, 9.17) is 4.74 Å². The Hall–Kier alpha value is -0.260. The number of carbonyl (C=O) groups is 1. The van der Waals surface area contributed by atoms with E-state index in [2.05, 4.69) is 0 Å². The maximum Gasteiger partial charge on any atom is 0.235 e. The summed E-state index contributed by atoms with van der Waals surface area (Å²) in [6, 6.07) is 0. The summed E-state index contributed by atoms with van der Waals surface area (Å²) in [5, 5.41) is 9.63. The number of carbonyl (C=O) groups excluding carboxylic acids is 1. The Balaban J connectivity index is 2.34. The van der Waals surface area contributed by atoms with Crippen molar-refractivity contribution >= 4 is 17.7 Å². The van der Waals surface area contributed by atoms with E-state index in [-0.39, 0.29) is 17.8 Å². The second kappa shape index (κ2) is 7.14. The van der Waals surface area contributed by atoms with Crippen molar-refractivity contribution in [2.45, 2.75) is 30.6 Å². The van der Waals surface area contributed by atoms with Crippen LogP contribution in [0.25, 0.3) is 0 Å². The van der Waals surface area contributed by atoms with Gasteiger partial charge in [0.05, 0.1) is 18.0 Å². The normalized spacial score (nSPS) is 22.8. The van der Waals surface area contributed by atoms with E-state index in [0.717, 1.165) is 18.6 Å². The Bertz CT molecular complexity index is 219. The van der Waals surface area contributed by atoms with Crippen LogP contribution in [0, 0.1) is 0 Å². The first-order valence-electron chi connectivity index (χ1n) is 5.68. The average Bonchev–Trinajstić information content (AvgIpc) is 2.29. The lowest BCUT2D eigenvalue weighted by molar-refractivity contribution is -0.131. The van der Waals surface area contributed by atoms with Gasteiger partial charge in [0.25, 0.3) is 0 Å². The minimum Gasteiger partial charge on any atom is -0.389 e. The molecule has 1 saturated heterocycles. The molecule has 1 N–H and O–H groups in total. The van der Waals surface area contributed by atoms with Crippen molar-refractivity contribution in [1.29, 1.82) is 0 Å². The summed E-state index contributed by atoms with van der Waals surface area (Å²) in [6.45, 7) is 0.624. The third kappa shape index (κ3) is 4.31. The molecule has 0 aromatic carbocycles. The van der Waals surface area contributed by atoms with Gasteiger partial charge in [-0.05, 0) is 18.6 Å². The minimum atomic E-state index is -0.590. The Morgan fingerprint density at radius 3 is 2.94 bits per heavy atom. The van der Waals surface area contributed by atoms with E-state index in [9.17, 15) is 9.90 Å². The summed E-state index contributed by atoms with van der Waals surface area (Å²) >= 11 is 1.74. The first kappa shape index (κ1) is 13.8. The highest BCUT2D eigenvalue weighted by Crippen LogP contribution is 2.26. The van der Waals surface area contributed by atoms with Crippen molar-refractivity contribution in [2.24, 2.45) is 0 Å². The van der Waals surface area contributed by atoms with Gasteiger partial charge >= 0.3 is 0 Å². The molecule has 1 aliphatic rings. The Morgan fingerprint density at radius 1 is 1.62 bits per heavy atom. The zero-order valence-electron chi connectivity index (χ0n) is 10.0. The van der Waals surface area contributed by atoms with E-state index in [1.54, 1.807) is 30.8 Å². The molecule has 5 heteroatoms. The Morgan fingerprint density at radius 2 is 2.38 bits per heavy atom. The lowest BCUT2D eigenvalue weighted by atomic mass is 10.1. The fourth-order valence-corrected chi connectivity index (χ4v) is 3.14. The molecule has 0 aliphatic carbocycles. The van der Waals surface area contributed by atoms with E-state index in [1.807, 2.05) is 0 Å². The molecule has 0 saturated carbocycles. The molecule has 0 aromatic rings. The summed E-state index contributed by atoms with van der Waals surface area (Å²) in [5.41, 5.74) is 0. The van der Waals surface area contributed by atoms with Gasteiger partial charge in [0, 0.05) is 20.7 Å². The van der Waals surface area contributed by atoms with Crippen LogP contribution in [-0.2, 0) is 9.53 Å². The van der Waals surface area contributed by atoms with Crippen LogP contribution >= 0.6 is 11.8 Å². The van der Waals surface area contributed by atoms with Crippen molar-refractivity contribution in [2.75, 3.05) is 33.1 Å². The number of thioether (sulfide) groups is 1. The molecule has 1 rings (SSSR count). The zero-order valence-corrected chi connectivity index (χ0v) is 10.8. The van der Waals surface area contributed by atoms with Gasteiger partial charge in [-0.3, -0.25) is 4.79 Å². The monoisotopic (exact) mass is 247 g/mol. The van der Waals surface area contributed by atoms with Crippen LogP contribution in [0.1, 0.15) is 19.3 Å². The standard InChI is InChI=1S/C11H21NO3S/c1-12(7-9(13)8-15-2)11(14)10-5-3-4-6-16-10/h9-10,13H,3-8H2,1-2H3. The highest BCUT2D eigenvalue weighted by atomic mass is 32.2. The third-order valence-electron chi connectivity index (χ3n) is 2.68. The van der Waals surface area contributed by atoms with E-state index < -0.39 is 6.10 Å². The topological polar surface area (TPSA) is 49.8 Å². The average molecular weight is 247 g/mol. The summed E-state index contributed by atoms with van der Waals surface area (Å²) in [4.78, 5) is 13.6. The summed E-state index contributed by atoms with van der Waals surface area (Å²) in [5.74, 6) is 1.21. The summed E-state index contributed by atoms with van der Waals surface area (Å²) in [6.07, 6.45) is 2.73. The van der Waals surface area contributed by atoms with Gasteiger partial charge in [-0.2, -0.15) is 0 Å². The summed E-state index contributed by atoms with van der Waals surface area (Å²) < 4.78 is 4.84. The van der Waals surface area contributed by atoms with Crippen molar-refractivity contribution in [3.8, 4) is 0 Å². The highest BCUT2D eigenvalue weighted by molar-refractivity contribution is 8.00. The minimum absolute atomic E-state index is 0.0912. The van der Waals surface area contributed by atoms with Gasteiger partial charge < -0.3 is 14.7 Å². The number of hydrogen-bond donors (Lipinski definition) is 1. The maximum absolute atomic E-state index is 12.0. The summed E-state index contributed by atoms with van der Waals surface area (Å²) in [7, 11) is 3.29. The largest absolute Gasteiger partial charge is 0.389 e. The predicted octanol–water partition coefficient (Wildman–Crippen LogP) is 0.738. The molecule has 0 bridgehead atoms. The first-order valence-corrected chi connectivity index (χ1v) is 6.73. The quantitative estimate of drug-likeness (QED) is 0.778. The van der Waals surface area contributed by atoms with Crippen LogP contribution in [0.5, 0.6) is 0 Å². The van der Waals surface area contributed by atoms with Gasteiger partial charge in [-0.15, -0.1) is 11.8 Å². The second-order valence-electron chi connectivity index (χ2n) is 4.18. The maximum atomic E-state index is 12.0. The zero-order chi connectivity index (χ0) is 12.0. The van der Waals surface area contributed by atoms with Gasteiger partial charge in [0.1, 0.15) is 0 Å². The number of methoxy groups -OCH3 is 1. The van der Waals surface area contributed by atoms with Crippen LogP contribution in [0.4, 0.5) is 0 Å². The fraction of sp³-hybridized carbons (Fsp3) is 0.909. The van der Waals surface area contributed by atoms with Crippen molar-refractivity contribution < 1.29 is 14.6 Å². The number of amides is 1. The first-order chi connectivity index (χ1) is 7.65. The van der Waals surface area contributed by atoms with Crippen molar-refractivity contribution in [1.82, 2.24) is 4.90 Å². The molecule has 1 fully saturated rings. The van der Waals surface area contributed by atoms with Crippen molar-refractivity contribution in [3.05, 3.63) is 0 Å². The van der Waals surface area contributed by atoms with Crippen LogP contribution < -0.4 is 0 Å². The molecule has 1 amide bonds. The smallest absolute Gasteiger partial charge is 0.235 e. The van der Waals surface area contributed by atoms with Crippen LogP contribution in [-0.4, -0.2) is 60.3 Å². The molecule has 1 heterocycles. The molecule has 94 valence electrons. The molecular weight excluding hydrogens is 226 g/mol. The van der Waals surface area contributed by atoms with Gasteiger partial charge in [-0.25, -0.2) is 0 Å². The van der Waals surface area contributed by atoms with Crippen LogP contribution in [0.3, 0.4) is 0 Å².